The van der Waals surface area contributed by atoms with Crippen LogP contribution in [-0.4, -0.2) is 44.5 Å². The van der Waals surface area contributed by atoms with Crippen molar-refractivity contribution in [2.45, 2.75) is 44.8 Å². The molecule has 4 aromatic rings. The molecular weight excluding hydrogens is 484 g/mol. The van der Waals surface area contributed by atoms with Crippen LogP contribution in [0.1, 0.15) is 44.2 Å². The predicted molar refractivity (Wildman–Crippen MR) is 147 cm³/mol. The number of fused-ring (bicyclic) bond motifs is 3. The number of aromatic nitrogens is 4. The molecule has 0 bridgehead atoms. The molecule has 2 aromatic heterocycles. The standard InChI is InChI=1S/C28H32N6O2S/c1-4-15-37-28-32-25(30-16-18(2)3)21-17-31-34(26(21)33-28)14-13-29-27(35)24-19-9-5-7-11-22(19)36-23-12-8-6-10-20(23)24/h5-12,17-18,24H,4,13-16H2,1-3H3,(H,29,35)(H,30,32,33). The number of anilines is 1. The van der Waals surface area contributed by atoms with Gasteiger partial charge in [0.05, 0.1) is 24.0 Å². The number of hydrogen-bond donors (Lipinski definition) is 2. The quantitative estimate of drug-likeness (QED) is 0.214. The molecule has 0 radical (unpaired) electrons. The Morgan fingerprint density at radius 2 is 1.78 bits per heavy atom. The van der Waals surface area contributed by atoms with Gasteiger partial charge in [-0.05, 0) is 24.5 Å². The lowest BCUT2D eigenvalue weighted by Crippen LogP contribution is -2.33. The SMILES string of the molecule is CCCSc1nc(NCC(C)C)c2cnn(CCNC(=O)C3c4ccccc4Oc4ccccc43)c2n1. The molecule has 37 heavy (non-hydrogen) atoms. The van der Waals surface area contributed by atoms with Crippen molar-refractivity contribution in [3.05, 3.63) is 65.9 Å². The van der Waals surface area contributed by atoms with Gasteiger partial charge >= 0.3 is 0 Å². The summed E-state index contributed by atoms with van der Waals surface area (Å²) in [6.45, 7) is 8.22. The van der Waals surface area contributed by atoms with Crippen LogP contribution in [0.2, 0.25) is 0 Å². The molecule has 2 aromatic carbocycles. The summed E-state index contributed by atoms with van der Waals surface area (Å²) in [5, 5.41) is 12.8. The van der Waals surface area contributed by atoms with E-state index >= 15 is 0 Å². The summed E-state index contributed by atoms with van der Waals surface area (Å²) in [5.41, 5.74) is 2.51. The molecule has 1 amide bonds. The van der Waals surface area contributed by atoms with Crippen molar-refractivity contribution < 1.29 is 9.53 Å². The zero-order valence-corrected chi connectivity index (χ0v) is 22.2. The first-order chi connectivity index (χ1) is 18.0. The monoisotopic (exact) mass is 516 g/mol. The molecule has 5 rings (SSSR count). The third-order valence-corrected chi connectivity index (χ3v) is 7.21. The second kappa shape index (κ2) is 11.2. The van der Waals surface area contributed by atoms with Crippen LogP contribution in [0.25, 0.3) is 11.0 Å². The Balaban J connectivity index is 1.34. The van der Waals surface area contributed by atoms with Crippen molar-refractivity contribution >= 4 is 34.5 Å². The van der Waals surface area contributed by atoms with Crippen LogP contribution in [-0.2, 0) is 11.3 Å². The number of ether oxygens (including phenoxy) is 1. The van der Waals surface area contributed by atoms with Crippen LogP contribution < -0.4 is 15.4 Å². The maximum absolute atomic E-state index is 13.5. The fraction of sp³-hybridized carbons (Fsp3) is 0.357. The molecule has 1 aliphatic rings. The van der Waals surface area contributed by atoms with Crippen molar-refractivity contribution in [3.63, 3.8) is 0 Å². The first kappa shape index (κ1) is 25.1. The van der Waals surface area contributed by atoms with E-state index in [1.54, 1.807) is 18.0 Å². The van der Waals surface area contributed by atoms with Crippen molar-refractivity contribution in [3.8, 4) is 11.5 Å². The maximum atomic E-state index is 13.5. The molecule has 0 unspecified atom stereocenters. The fourth-order valence-corrected chi connectivity index (χ4v) is 5.07. The van der Waals surface area contributed by atoms with E-state index in [-0.39, 0.29) is 5.91 Å². The minimum Gasteiger partial charge on any atom is -0.457 e. The topological polar surface area (TPSA) is 94.0 Å². The normalized spacial score (nSPS) is 12.8. The smallest absolute Gasteiger partial charge is 0.232 e. The third kappa shape index (κ3) is 5.41. The lowest BCUT2D eigenvalue weighted by molar-refractivity contribution is -0.121. The summed E-state index contributed by atoms with van der Waals surface area (Å²) >= 11 is 1.65. The van der Waals surface area contributed by atoms with E-state index in [4.69, 9.17) is 14.7 Å². The van der Waals surface area contributed by atoms with Crippen LogP contribution in [0.5, 0.6) is 11.5 Å². The second-order valence-electron chi connectivity index (χ2n) is 9.48. The average Bonchev–Trinajstić information content (AvgIpc) is 3.31. The Morgan fingerprint density at radius 3 is 2.46 bits per heavy atom. The van der Waals surface area contributed by atoms with E-state index in [0.29, 0.717) is 19.0 Å². The molecule has 0 atom stereocenters. The minimum absolute atomic E-state index is 0.0623. The van der Waals surface area contributed by atoms with E-state index in [9.17, 15) is 4.79 Å². The van der Waals surface area contributed by atoms with Gasteiger partial charge in [0.1, 0.15) is 17.3 Å². The van der Waals surface area contributed by atoms with Gasteiger partial charge in [0, 0.05) is 30.0 Å². The Kier molecular flexibility index (Phi) is 7.60. The van der Waals surface area contributed by atoms with Crippen molar-refractivity contribution in [2.24, 2.45) is 5.92 Å². The van der Waals surface area contributed by atoms with Crippen molar-refractivity contribution in [2.75, 3.05) is 24.2 Å². The molecular formula is C28H32N6O2S. The molecule has 0 saturated carbocycles. The van der Waals surface area contributed by atoms with Gasteiger partial charge in [0.15, 0.2) is 10.8 Å². The van der Waals surface area contributed by atoms with E-state index in [2.05, 4.69) is 36.5 Å². The first-order valence-corrected chi connectivity index (χ1v) is 13.8. The Morgan fingerprint density at radius 1 is 1.08 bits per heavy atom. The summed E-state index contributed by atoms with van der Waals surface area (Å²) in [6.07, 6.45) is 2.85. The Labute approximate surface area is 221 Å². The largest absolute Gasteiger partial charge is 0.457 e. The summed E-state index contributed by atoms with van der Waals surface area (Å²) in [5.74, 6) is 3.19. The number of carbonyl (C=O) groups excluding carboxylic acids is 1. The molecule has 0 fully saturated rings. The van der Waals surface area contributed by atoms with Gasteiger partial charge in [-0.2, -0.15) is 5.10 Å². The van der Waals surface area contributed by atoms with E-state index < -0.39 is 5.92 Å². The molecule has 8 nitrogen and oxygen atoms in total. The Hall–Kier alpha value is -3.59. The third-order valence-electron chi connectivity index (χ3n) is 6.15. The fourth-order valence-electron chi connectivity index (χ4n) is 4.37. The van der Waals surface area contributed by atoms with E-state index in [0.717, 1.165) is 63.4 Å². The average molecular weight is 517 g/mol. The lowest BCUT2D eigenvalue weighted by atomic mass is 9.87. The van der Waals surface area contributed by atoms with Gasteiger partial charge < -0.3 is 15.4 Å². The highest BCUT2D eigenvalue weighted by Crippen LogP contribution is 2.43. The van der Waals surface area contributed by atoms with Gasteiger partial charge in [0.2, 0.25) is 5.91 Å². The minimum atomic E-state index is -0.429. The molecule has 0 spiro atoms. The predicted octanol–water partition coefficient (Wildman–Crippen LogP) is 5.45. The van der Waals surface area contributed by atoms with Gasteiger partial charge in [-0.1, -0.05) is 68.9 Å². The molecule has 1 aliphatic heterocycles. The summed E-state index contributed by atoms with van der Waals surface area (Å²) in [6, 6.07) is 15.4. The van der Waals surface area contributed by atoms with Gasteiger partial charge in [-0.15, -0.1) is 0 Å². The summed E-state index contributed by atoms with van der Waals surface area (Å²) in [4.78, 5) is 23.0. The highest BCUT2D eigenvalue weighted by molar-refractivity contribution is 7.99. The number of nitrogens with zero attached hydrogens (tertiary/aromatic N) is 4. The number of carbonyl (C=O) groups is 1. The lowest BCUT2D eigenvalue weighted by Gasteiger charge is -2.27. The van der Waals surface area contributed by atoms with Crippen LogP contribution in [0, 0.1) is 5.92 Å². The molecule has 192 valence electrons. The first-order valence-electron chi connectivity index (χ1n) is 12.8. The van der Waals surface area contributed by atoms with E-state index in [1.165, 1.54) is 0 Å². The Bertz CT molecular complexity index is 1360. The number of hydrogen-bond acceptors (Lipinski definition) is 7. The van der Waals surface area contributed by atoms with Crippen molar-refractivity contribution in [1.82, 2.24) is 25.1 Å². The number of amides is 1. The van der Waals surface area contributed by atoms with E-state index in [1.807, 2.05) is 53.2 Å². The van der Waals surface area contributed by atoms with Gasteiger partial charge in [-0.25, -0.2) is 14.6 Å². The van der Waals surface area contributed by atoms with Crippen LogP contribution in [0.15, 0.2) is 59.9 Å². The van der Waals surface area contributed by atoms with Crippen LogP contribution >= 0.6 is 11.8 Å². The summed E-state index contributed by atoms with van der Waals surface area (Å²) < 4.78 is 7.88. The molecule has 0 saturated heterocycles. The number of rotatable bonds is 10. The van der Waals surface area contributed by atoms with Gasteiger partial charge in [0.25, 0.3) is 0 Å². The summed E-state index contributed by atoms with van der Waals surface area (Å²) in [7, 11) is 0. The molecule has 0 aliphatic carbocycles. The molecule has 3 heterocycles. The molecule has 9 heteroatoms. The molecule has 2 N–H and O–H groups in total. The number of thioether (sulfide) groups is 1. The highest BCUT2D eigenvalue weighted by Gasteiger charge is 2.32. The number of nitrogens with one attached hydrogen (secondary N) is 2. The zero-order valence-electron chi connectivity index (χ0n) is 21.4. The van der Waals surface area contributed by atoms with Crippen LogP contribution in [0.4, 0.5) is 5.82 Å². The van der Waals surface area contributed by atoms with Crippen molar-refractivity contribution in [1.29, 1.82) is 0 Å². The highest BCUT2D eigenvalue weighted by atomic mass is 32.2. The number of para-hydroxylation sites is 2. The van der Waals surface area contributed by atoms with Gasteiger partial charge in [-0.3, -0.25) is 4.79 Å². The zero-order chi connectivity index (χ0) is 25.8. The second-order valence-corrected chi connectivity index (χ2v) is 10.5. The number of benzene rings is 2. The maximum Gasteiger partial charge on any atom is 0.232 e. The van der Waals surface area contributed by atoms with Crippen LogP contribution in [0.3, 0.4) is 0 Å².